The number of rotatable bonds is 8. The summed E-state index contributed by atoms with van der Waals surface area (Å²) in [6.07, 6.45) is 6.62. The van der Waals surface area contributed by atoms with Crippen LogP contribution in [0.4, 0.5) is 0 Å². The van der Waals surface area contributed by atoms with E-state index in [0.29, 0.717) is 6.10 Å². The van der Waals surface area contributed by atoms with Crippen molar-refractivity contribution in [1.82, 2.24) is 0 Å². The number of unbranched alkanes of at least 4 members (excludes halogenated alkanes) is 4. The van der Waals surface area contributed by atoms with Gasteiger partial charge in [-0.2, -0.15) is 0 Å². The Morgan fingerprint density at radius 3 is 2.17 bits per heavy atom. The summed E-state index contributed by atoms with van der Waals surface area (Å²) in [5, 5.41) is 0. The second-order valence-corrected chi connectivity index (χ2v) is 3.48. The van der Waals surface area contributed by atoms with Gasteiger partial charge in [0.2, 0.25) is 0 Å². The number of nitrogens with two attached hydrogens (primary N) is 1. The molecule has 0 aliphatic rings. The highest BCUT2D eigenvalue weighted by atomic mass is 16.5. The maximum atomic E-state index is 5.42. The molecule has 2 heteroatoms. The lowest BCUT2D eigenvalue weighted by Gasteiger charge is -2.06. The molecule has 0 amide bonds. The fourth-order valence-corrected chi connectivity index (χ4v) is 1.10. The minimum absolute atomic E-state index is 0.383. The van der Waals surface area contributed by atoms with Crippen LogP contribution in [0, 0.1) is 0 Å². The lowest BCUT2D eigenvalue weighted by Crippen LogP contribution is -2.03. The van der Waals surface area contributed by atoms with Crippen LogP contribution in [-0.4, -0.2) is 19.3 Å². The minimum Gasteiger partial charge on any atom is -0.379 e. The number of hydrogen-bond acceptors (Lipinski definition) is 2. The fraction of sp³-hybridized carbons (Fsp3) is 1.00. The van der Waals surface area contributed by atoms with Gasteiger partial charge in [-0.1, -0.05) is 19.3 Å². The summed E-state index contributed by atoms with van der Waals surface area (Å²) < 4.78 is 5.42. The normalized spacial score (nSPS) is 11.0. The summed E-state index contributed by atoms with van der Waals surface area (Å²) in [7, 11) is 0. The Labute approximate surface area is 76.5 Å². The molecule has 0 spiro atoms. The molecular formula is C10H23NO. The van der Waals surface area contributed by atoms with Gasteiger partial charge in [0.15, 0.2) is 0 Å². The maximum Gasteiger partial charge on any atom is 0.0518 e. The summed E-state index contributed by atoms with van der Waals surface area (Å²) in [6.45, 7) is 5.91. The molecular weight excluding hydrogens is 150 g/mol. The molecule has 0 radical (unpaired) electrons. The molecule has 0 saturated heterocycles. The van der Waals surface area contributed by atoms with Gasteiger partial charge >= 0.3 is 0 Å². The summed E-state index contributed by atoms with van der Waals surface area (Å²) in [5.74, 6) is 0. The maximum absolute atomic E-state index is 5.42. The van der Waals surface area contributed by atoms with E-state index in [0.717, 1.165) is 13.2 Å². The fourth-order valence-electron chi connectivity index (χ4n) is 1.10. The van der Waals surface area contributed by atoms with Crippen molar-refractivity contribution in [3.8, 4) is 0 Å². The molecule has 0 heterocycles. The molecule has 0 bridgehead atoms. The quantitative estimate of drug-likeness (QED) is 0.572. The molecule has 2 nitrogen and oxygen atoms in total. The van der Waals surface area contributed by atoms with Crippen molar-refractivity contribution >= 4 is 0 Å². The standard InChI is InChI=1S/C10H23NO/c1-10(2)12-9-7-5-3-4-6-8-11/h10H,3-9,11H2,1-2H3. The van der Waals surface area contributed by atoms with Crippen molar-refractivity contribution in [3.63, 3.8) is 0 Å². The van der Waals surface area contributed by atoms with Gasteiger partial charge in [0.05, 0.1) is 6.10 Å². The Morgan fingerprint density at radius 1 is 1.00 bits per heavy atom. The highest BCUT2D eigenvalue weighted by Crippen LogP contribution is 2.02. The lowest BCUT2D eigenvalue weighted by atomic mass is 10.1. The monoisotopic (exact) mass is 173 g/mol. The van der Waals surface area contributed by atoms with Gasteiger partial charge < -0.3 is 10.5 Å². The van der Waals surface area contributed by atoms with Crippen LogP contribution >= 0.6 is 0 Å². The highest BCUT2D eigenvalue weighted by Gasteiger charge is 1.93. The van der Waals surface area contributed by atoms with Gasteiger partial charge in [-0.3, -0.25) is 0 Å². The van der Waals surface area contributed by atoms with Crippen molar-refractivity contribution < 1.29 is 4.74 Å². The Kier molecular flexibility index (Phi) is 8.95. The smallest absolute Gasteiger partial charge is 0.0518 e. The van der Waals surface area contributed by atoms with Crippen LogP contribution in [0.15, 0.2) is 0 Å². The van der Waals surface area contributed by atoms with Gasteiger partial charge in [-0.05, 0) is 33.2 Å². The Balaban J connectivity index is 2.82. The second kappa shape index (κ2) is 9.01. The van der Waals surface area contributed by atoms with Crippen LogP contribution in [0.25, 0.3) is 0 Å². The average molecular weight is 173 g/mol. The zero-order valence-electron chi connectivity index (χ0n) is 8.51. The first-order chi connectivity index (χ1) is 5.77. The van der Waals surface area contributed by atoms with E-state index in [4.69, 9.17) is 10.5 Å². The molecule has 0 aliphatic heterocycles. The zero-order valence-corrected chi connectivity index (χ0v) is 8.51. The SMILES string of the molecule is CC(C)OCCCCCCCN. The van der Waals surface area contributed by atoms with Crippen LogP contribution in [-0.2, 0) is 4.74 Å². The van der Waals surface area contributed by atoms with Crippen molar-refractivity contribution in [3.05, 3.63) is 0 Å². The molecule has 0 rings (SSSR count). The predicted octanol–water partition coefficient (Wildman–Crippen LogP) is 2.32. The van der Waals surface area contributed by atoms with Crippen LogP contribution in [0.3, 0.4) is 0 Å². The largest absolute Gasteiger partial charge is 0.379 e. The van der Waals surface area contributed by atoms with Crippen molar-refractivity contribution in [2.75, 3.05) is 13.2 Å². The Hall–Kier alpha value is -0.0800. The number of ether oxygens (including phenoxy) is 1. The molecule has 0 saturated carbocycles. The second-order valence-electron chi connectivity index (χ2n) is 3.48. The third-order valence-corrected chi connectivity index (χ3v) is 1.80. The van der Waals surface area contributed by atoms with Crippen molar-refractivity contribution in [2.45, 2.75) is 52.1 Å². The summed E-state index contributed by atoms with van der Waals surface area (Å²) in [4.78, 5) is 0. The third-order valence-electron chi connectivity index (χ3n) is 1.80. The lowest BCUT2D eigenvalue weighted by molar-refractivity contribution is 0.0757. The molecule has 0 aromatic carbocycles. The first-order valence-corrected chi connectivity index (χ1v) is 5.09. The first-order valence-electron chi connectivity index (χ1n) is 5.09. The third kappa shape index (κ3) is 9.92. The van der Waals surface area contributed by atoms with Gasteiger partial charge in [0, 0.05) is 6.61 Å². The molecule has 74 valence electrons. The first kappa shape index (κ1) is 11.9. The summed E-state index contributed by atoms with van der Waals surface area (Å²) >= 11 is 0. The predicted molar refractivity (Wildman–Crippen MR) is 53.2 cm³/mol. The molecule has 0 fully saturated rings. The van der Waals surface area contributed by atoms with E-state index in [1.54, 1.807) is 0 Å². The molecule has 12 heavy (non-hydrogen) atoms. The summed E-state index contributed by atoms with van der Waals surface area (Å²) in [6, 6.07) is 0. The van der Waals surface area contributed by atoms with Gasteiger partial charge in [0.1, 0.15) is 0 Å². The van der Waals surface area contributed by atoms with Crippen molar-refractivity contribution in [2.24, 2.45) is 5.73 Å². The van der Waals surface area contributed by atoms with E-state index in [2.05, 4.69) is 13.8 Å². The van der Waals surface area contributed by atoms with Crippen LogP contribution < -0.4 is 5.73 Å². The molecule has 0 atom stereocenters. The molecule has 0 aliphatic carbocycles. The Bertz CT molecular complexity index is 83.9. The van der Waals surface area contributed by atoms with E-state index in [1.807, 2.05) is 0 Å². The zero-order chi connectivity index (χ0) is 9.23. The van der Waals surface area contributed by atoms with Gasteiger partial charge in [-0.25, -0.2) is 0 Å². The van der Waals surface area contributed by atoms with Crippen molar-refractivity contribution in [1.29, 1.82) is 0 Å². The van der Waals surface area contributed by atoms with Crippen LogP contribution in [0.2, 0.25) is 0 Å². The van der Waals surface area contributed by atoms with Gasteiger partial charge in [-0.15, -0.1) is 0 Å². The molecule has 0 aromatic rings. The van der Waals surface area contributed by atoms with Gasteiger partial charge in [0.25, 0.3) is 0 Å². The molecule has 0 unspecified atom stereocenters. The Morgan fingerprint density at radius 2 is 1.58 bits per heavy atom. The summed E-state index contributed by atoms with van der Waals surface area (Å²) in [5.41, 5.74) is 5.38. The minimum atomic E-state index is 0.383. The van der Waals surface area contributed by atoms with Crippen LogP contribution in [0.1, 0.15) is 46.0 Å². The highest BCUT2D eigenvalue weighted by molar-refractivity contribution is 4.45. The molecule has 0 aromatic heterocycles. The average Bonchev–Trinajstić information content (AvgIpc) is 2.02. The molecule has 2 N–H and O–H groups in total. The van der Waals surface area contributed by atoms with E-state index in [9.17, 15) is 0 Å². The van der Waals surface area contributed by atoms with Crippen LogP contribution in [0.5, 0.6) is 0 Å². The van der Waals surface area contributed by atoms with E-state index in [1.165, 1.54) is 32.1 Å². The van der Waals surface area contributed by atoms with E-state index in [-0.39, 0.29) is 0 Å². The topological polar surface area (TPSA) is 35.2 Å². The van der Waals surface area contributed by atoms with E-state index < -0.39 is 0 Å². The number of hydrogen-bond donors (Lipinski definition) is 1. The van der Waals surface area contributed by atoms with E-state index >= 15 is 0 Å².